The molecule has 0 unspecified atom stereocenters. The van der Waals surface area contributed by atoms with E-state index < -0.39 is 0 Å². The predicted molar refractivity (Wildman–Crippen MR) is 147 cm³/mol. The minimum atomic E-state index is 0.0453. The Morgan fingerprint density at radius 1 is 1.06 bits per heavy atom. The summed E-state index contributed by atoms with van der Waals surface area (Å²) in [5.41, 5.74) is 4.92. The number of hydrogen-bond donors (Lipinski definition) is 1. The van der Waals surface area contributed by atoms with Gasteiger partial charge >= 0.3 is 0 Å². The molecular weight excluding hydrogens is 472 g/mol. The lowest BCUT2D eigenvalue weighted by Crippen LogP contribution is -2.49. The maximum atomic E-state index is 13.1. The summed E-state index contributed by atoms with van der Waals surface area (Å²) in [7, 11) is 1.69. The van der Waals surface area contributed by atoms with Crippen molar-refractivity contribution < 1.29 is 13.9 Å². The Kier molecular flexibility index (Phi) is 8.93. The highest BCUT2D eigenvalue weighted by molar-refractivity contribution is 7.99. The number of nitrogens with zero attached hydrogens (tertiary/aromatic N) is 3. The SMILES string of the molecule is COc1cc(C(C)C)c(NC(=O)CN2CCN(CCSc3nc4ccccc4o3)CC2)c(C(C)C)c1. The normalized spacial score (nSPS) is 15.2. The molecule has 1 saturated heterocycles. The summed E-state index contributed by atoms with van der Waals surface area (Å²) < 4.78 is 11.3. The fraction of sp³-hybridized carbons (Fsp3) is 0.500. The third-order valence-corrected chi connectivity index (χ3v) is 7.46. The van der Waals surface area contributed by atoms with E-state index in [4.69, 9.17) is 9.15 Å². The summed E-state index contributed by atoms with van der Waals surface area (Å²) in [5.74, 6) is 2.38. The Morgan fingerprint density at radius 2 is 1.69 bits per heavy atom. The monoisotopic (exact) mass is 510 g/mol. The second kappa shape index (κ2) is 12.1. The summed E-state index contributed by atoms with van der Waals surface area (Å²) in [6.45, 7) is 13.7. The maximum absolute atomic E-state index is 13.1. The zero-order valence-corrected chi connectivity index (χ0v) is 22.9. The van der Waals surface area contributed by atoms with Gasteiger partial charge in [0.05, 0.1) is 13.7 Å². The average Bonchev–Trinajstić information content (AvgIpc) is 3.27. The van der Waals surface area contributed by atoms with Crippen LogP contribution in [0.3, 0.4) is 0 Å². The highest BCUT2D eigenvalue weighted by Crippen LogP contribution is 2.36. The first kappa shape index (κ1) is 26.5. The van der Waals surface area contributed by atoms with Crippen molar-refractivity contribution in [3.05, 3.63) is 47.5 Å². The molecule has 0 spiro atoms. The van der Waals surface area contributed by atoms with Crippen molar-refractivity contribution >= 4 is 34.5 Å². The van der Waals surface area contributed by atoms with E-state index >= 15 is 0 Å². The molecule has 2 aromatic carbocycles. The number of benzene rings is 2. The molecule has 0 aliphatic carbocycles. The number of anilines is 1. The van der Waals surface area contributed by atoms with Crippen LogP contribution in [0.5, 0.6) is 5.75 Å². The lowest BCUT2D eigenvalue weighted by Gasteiger charge is -2.34. The van der Waals surface area contributed by atoms with Gasteiger partial charge in [0.1, 0.15) is 11.3 Å². The van der Waals surface area contributed by atoms with Crippen molar-refractivity contribution in [1.29, 1.82) is 0 Å². The van der Waals surface area contributed by atoms with Crippen molar-refractivity contribution in [2.24, 2.45) is 0 Å². The Balaban J connectivity index is 1.26. The van der Waals surface area contributed by atoms with Gasteiger partial charge in [-0.25, -0.2) is 4.98 Å². The fourth-order valence-corrected chi connectivity index (χ4v) is 5.40. The molecule has 0 radical (unpaired) electrons. The lowest BCUT2D eigenvalue weighted by atomic mass is 9.92. The number of carbonyl (C=O) groups excluding carboxylic acids is 1. The number of rotatable bonds is 10. The molecule has 1 aliphatic heterocycles. The standard InChI is InChI=1S/C28H38N4O3S/c1-19(2)22-16-21(34-5)17-23(20(3)4)27(22)30-26(33)18-32-12-10-31(11-13-32)14-15-36-28-29-24-8-6-7-9-25(24)35-28/h6-9,16-17,19-20H,10-15,18H2,1-5H3,(H,30,33). The number of thioether (sulfide) groups is 1. The number of methoxy groups -OCH3 is 1. The van der Waals surface area contributed by atoms with Gasteiger partial charge in [-0.2, -0.15) is 0 Å². The number of carbonyl (C=O) groups is 1. The average molecular weight is 511 g/mol. The van der Waals surface area contributed by atoms with Crippen molar-refractivity contribution in [1.82, 2.24) is 14.8 Å². The number of oxazole rings is 1. The molecule has 2 heterocycles. The van der Waals surface area contributed by atoms with Crippen LogP contribution in [0.15, 0.2) is 46.0 Å². The highest BCUT2D eigenvalue weighted by Gasteiger charge is 2.22. The molecule has 4 rings (SSSR count). The van der Waals surface area contributed by atoms with Crippen LogP contribution in [0.4, 0.5) is 5.69 Å². The van der Waals surface area contributed by atoms with Crippen LogP contribution in [0.1, 0.15) is 50.7 Å². The summed E-state index contributed by atoms with van der Waals surface area (Å²) >= 11 is 1.66. The van der Waals surface area contributed by atoms with Crippen LogP contribution in [0, 0.1) is 0 Å². The summed E-state index contributed by atoms with van der Waals surface area (Å²) in [4.78, 5) is 22.3. The van der Waals surface area contributed by atoms with Gasteiger partial charge in [-0.1, -0.05) is 51.6 Å². The van der Waals surface area contributed by atoms with E-state index in [9.17, 15) is 4.79 Å². The molecule has 8 heteroatoms. The van der Waals surface area contributed by atoms with Gasteiger partial charge in [-0.05, 0) is 47.2 Å². The van der Waals surface area contributed by atoms with E-state index in [-0.39, 0.29) is 17.7 Å². The number of piperazine rings is 1. The number of fused-ring (bicyclic) bond motifs is 1. The van der Waals surface area contributed by atoms with Gasteiger partial charge in [-0.15, -0.1) is 0 Å². The van der Waals surface area contributed by atoms with E-state index in [1.54, 1.807) is 18.9 Å². The largest absolute Gasteiger partial charge is 0.497 e. The van der Waals surface area contributed by atoms with Gasteiger partial charge in [0.25, 0.3) is 5.22 Å². The van der Waals surface area contributed by atoms with E-state index in [2.05, 4.69) is 47.8 Å². The van der Waals surface area contributed by atoms with Gasteiger partial charge in [-0.3, -0.25) is 14.6 Å². The molecule has 0 bridgehead atoms. The first-order chi connectivity index (χ1) is 17.3. The van der Waals surface area contributed by atoms with Gasteiger partial charge < -0.3 is 14.5 Å². The number of amides is 1. The smallest absolute Gasteiger partial charge is 0.256 e. The number of nitrogens with one attached hydrogen (secondary N) is 1. The van der Waals surface area contributed by atoms with Gasteiger partial charge in [0, 0.05) is 44.2 Å². The maximum Gasteiger partial charge on any atom is 0.256 e. The number of ether oxygens (including phenoxy) is 1. The van der Waals surface area contributed by atoms with Gasteiger partial charge in [0.15, 0.2) is 5.58 Å². The molecule has 3 aromatic rings. The number of hydrogen-bond acceptors (Lipinski definition) is 7. The van der Waals surface area contributed by atoms with E-state index in [0.717, 1.165) is 77.4 Å². The molecule has 194 valence electrons. The third-order valence-electron chi connectivity index (χ3n) is 6.66. The fourth-order valence-electron chi connectivity index (χ4n) is 4.56. The van der Waals surface area contributed by atoms with Crippen LogP contribution in [0.25, 0.3) is 11.1 Å². The Bertz CT molecular complexity index is 1110. The molecule has 0 saturated carbocycles. The molecule has 1 N–H and O–H groups in total. The molecule has 1 aliphatic rings. The van der Waals surface area contributed by atoms with Crippen LogP contribution in [0.2, 0.25) is 0 Å². The van der Waals surface area contributed by atoms with Crippen molar-refractivity contribution in [2.45, 2.75) is 44.8 Å². The quantitative estimate of drug-likeness (QED) is 0.365. The Morgan fingerprint density at radius 3 is 2.31 bits per heavy atom. The van der Waals surface area contributed by atoms with Crippen molar-refractivity contribution in [3.8, 4) is 5.75 Å². The minimum Gasteiger partial charge on any atom is -0.497 e. The van der Waals surface area contributed by atoms with Crippen LogP contribution in [-0.4, -0.2) is 72.8 Å². The second-order valence-corrected chi connectivity index (χ2v) is 11.0. The lowest BCUT2D eigenvalue weighted by molar-refractivity contribution is -0.117. The highest BCUT2D eigenvalue weighted by atomic mass is 32.2. The minimum absolute atomic E-state index is 0.0453. The zero-order chi connectivity index (χ0) is 25.7. The molecule has 1 aromatic heterocycles. The van der Waals surface area contributed by atoms with Crippen molar-refractivity contribution in [3.63, 3.8) is 0 Å². The summed E-state index contributed by atoms with van der Waals surface area (Å²) in [6.07, 6.45) is 0. The first-order valence-electron chi connectivity index (χ1n) is 12.8. The second-order valence-electron chi connectivity index (χ2n) is 9.95. The van der Waals surface area contributed by atoms with Crippen LogP contribution in [-0.2, 0) is 4.79 Å². The zero-order valence-electron chi connectivity index (χ0n) is 22.0. The van der Waals surface area contributed by atoms with Crippen LogP contribution >= 0.6 is 11.8 Å². The van der Waals surface area contributed by atoms with Gasteiger partial charge in [0.2, 0.25) is 5.91 Å². The Labute approximate surface area is 218 Å². The molecule has 0 atom stereocenters. The molecule has 1 amide bonds. The third kappa shape index (κ3) is 6.60. The van der Waals surface area contributed by atoms with Crippen LogP contribution < -0.4 is 10.1 Å². The number of aromatic nitrogens is 1. The summed E-state index contributed by atoms with van der Waals surface area (Å²) in [5, 5.41) is 3.97. The Hall–Kier alpha value is -2.55. The molecule has 7 nitrogen and oxygen atoms in total. The molecular formula is C28H38N4O3S. The number of para-hydroxylation sites is 2. The topological polar surface area (TPSA) is 70.8 Å². The van der Waals surface area contributed by atoms with E-state index in [1.165, 1.54) is 0 Å². The molecule has 1 fully saturated rings. The first-order valence-corrected chi connectivity index (χ1v) is 13.8. The van der Waals surface area contributed by atoms with Crippen molar-refractivity contribution in [2.75, 3.05) is 57.4 Å². The predicted octanol–water partition coefficient (Wildman–Crippen LogP) is 5.43. The summed E-state index contributed by atoms with van der Waals surface area (Å²) in [6, 6.07) is 11.9. The van der Waals surface area contributed by atoms with E-state index in [1.807, 2.05) is 36.4 Å². The van der Waals surface area contributed by atoms with E-state index in [0.29, 0.717) is 6.54 Å². The molecule has 36 heavy (non-hydrogen) atoms.